The first-order valence-electron chi connectivity index (χ1n) is 8.46. The molecule has 0 rings (SSSR count). The van der Waals surface area contributed by atoms with Gasteiger partial charge in [-0.3, -0.25) is 0 Å². The van der Waals surface area contributed by atoms with Crippen molar-refractivity contribution >= 4 is 16.6 Å². The Morgan fingerprint density at radius 3 is 1.48 bits per heavy atom. The highest BCUT2D eigenvalue weighted by atomic mass is 28.4. The highest BCUT2D eigenvalue weighted by molar-refractivity contribution is 6.74. The molecular weight excluding hydrogens is 320 g/mol. The largest absolute Gasteiger partial charge is 0.408 e. The molecule has 0 heterocycles. The third kappa shape index (κ3) is 6.02. The van der Waals surface area contributed by atoms with Crippen LogP contribution in [0.5, 0.6) is 0 Å². The monoisotopic (exact) mass is 358 g/mol. The number of hydrogen-bond donors (Lipinski definition) is 1. The minimum atomic E-state index is -2.05. The lowest BCUT2D eigenvalue weighted by atomic mass is 10.1. The lowest BCUT2D eigenvalue weighted by Gasteiger charge is -2.44. The summed E-state index contributed by atoms with van der Waals surface area (Å²) in [6.45, 7) is 23.5. The van der Waals surface area contributed by atoms with Crippen molar-refractivity contribution in [1.29, 1.82) is 0 Å². The molecule has 0 aromatic carbocycles. The van der Waals surface area contributed by atoms with Gasteiger partial charge in [0, 0.05) is 0 Å². The van der Waals surface area contributed by atoms with Gasteiger partial charge in [-0.25, -0.2) is 0 Å². The fraction of sp³-hybridized carbons (Fsp3) is 0.889. The predicted molar refractivity (Wildman–Crippen MR) is 105 cm³/mol. The molecule has 0 unspecified atom stereocenters. The van der Waals surface area contributed by atoms with E-state index in [1.807, 2.05) is 0 Å². The van der Waals surface area contributed by atoms with E-state index in [1.54, 1.807) is 6.92 Å². The molecule has 23 heavy (non-hydrogen) atoms. The molecule has 1 N–H and O–H groups in total. The van der Waals surface area contributed by atoms with E-state index < -0.39 is 34.9 Å². The summed E-state index contributed by atoms with van der Waals surface area (Å²) in [5.41, 5.74) is 0. The van der Waals surface area contributed by atoms with Crippen LogP contribution in [-0.4, -0.2) is 40.1 Å². The van der Waals surface area contributed by atoms with Crippen LogP contribution >= 0.6 is 0 Å². The van der Waals surface area contributed by atoms with Crippen LogP contribution in [0.2, 0.25) is 36.3 Å². The summed E-state index contributed by atoms with van der Waals surface area (Å²) < 4.78 is 12.8. The van der Waals surface area contributed by atoms with E-state index in [0.717, 1.165) is 0 Å². The van der Waals surface area contributed by atoms with Crippen molar-refractivity contribution in [3.8, 4) is 12.3 Å². The van der Waals surface area contributed by atoms with Crippen molar-refractivity contribution in [1.82, 2.24) is 0 Å². The Morgan fingerprint density at radius 2 is 1.22 bits per heavy atom. The van der Waals surface area contributed by atoms with Gasteiger partial charge in [0.1, 0.15) is 12.2 Å². The number of terminal acetylenes is 1. The zero-order valence-electron chi connectivity index (χ0n) is 17.1. The predicted octanol–water partition coefficient (Wildman–Crippen LogP) is 4.78. The summed E-state index contributed by atoms with van der Waals surface area (Å²) in [5, 5.41) is 10.4. The smallest absolute Gasteiger partial charge is 0.193 e. The molecule has 0 amide bonds. The van der Waals surface area contributed by atoms with Crippen LogP contribution in [0.3, 0.4) is 0 Å². The Bertz CT molecular complexity index is 423. The lowest BCUT2D eigenvalue weighted by molar-refractivity contribution is -0.0166. The third-order valence-corrected chi connectivity index (χ3v) is 14.3. The third-order valence-electron chi connectivity index (χ3n) is 5.40. The molecule has 0 radical (unpaired) electrons. The Morgan fingerprint density at radius 1 is 0.870 bits per heavy atom. The fourth-order valence-electron chi connectivity index (χ4n) is 1.62. The summed E-state index contributed by atoms with van der Waals surface area (Å²) in [4.78, 5) is 0. The zero-order chi connectivity index (χ0) is 18.9. The highest BCUT2D eigenvalue weighted by Crippen LogP contribution is 2.40. The van der Waals surface area contributed by atoms with Crippen LogP contribution in [0.25, 0.3) is 0 Å². The average molecular weight is 359 g/mol. The molecule has 0 spiro atoms. The van der Waals surface area contributed by atoms with E-state index in [9.17, 15) is 5.11 Å². The summed E-state index contributed by atoms with van der Waals surface area (Å²) in [7, 11) is -4.09. The quantitative estimate of drug-likeness (QED) is 0.548. The van der Waals surface area contributed by atoms with Crippen molar-refractivity contribution < 1.29 is 14.0 Å². The molecule has 0 aliphatic heterocycles. The second-order valence-corrected chi connectivity index (χ2v) is 19.1. The minimum Gasteiger partial charge on any atom is -0.408 e. The van der Waals surface area contributed by atoms with E-state index in [1.165, 1.54) is 0 Å². The molecule has 0 saturated carbocycles. The van der Waals surface area contributed by atoms with Crippen LogP contribution in [0, 0.1) is 12.3 Å². The molecule has 0 saturated heterocycles. The van der Waals surface area contributed by atoms with E-state index in [-0.39, 0.29) is 10.1 Å². The lowest BCUT2D eigenvalue weighted by Crippen LogP contribution is -2.54. The van der Waals surface area contributed by atoms with Gasteiger partial charge in [0.2, 0.25) is 0 Å². The fourth-order valence-corrected chi connectivity index (χ4v) is 4.17. The molecule has 0 aliphatic rings. The van der Waals surface area contributed by atoms with Crippen molar-refractivity contribution in [2.45, 2.75) is 103 Å². The van der Waals surface area contributed by atoms with E-state index in [0.29, 0.717) is 0 Å². The molecule has 3 nitrogen and oxygen atoms in total. The Hall–Kier alpha value is -0.126. The van der Waals surface area contributed by atoms with Gasteiger partial charge in [0.05, 0.1) is 6.10 Å². The van der Waals surface area contributed by atoms with E-state index in [2.05, 4.69) is 73.7 Å². The molecule has 0 bridgehead atoms. The van der Waals surface area contributed by atoms with Crippen LogP contribution in [0.15, 0.2) is 0 Å². The van der Waals surface area contributed by atoms with Gasteiger partial charge in [0.15, 0.2) is 16.6 Å². The van der Waals surface area contributed by atoms with Gasteiger partial charge in [-0.15, -0.1) is 6.42 Å². The van der Waals surface area contributed by atoms with Gasteiger partial charge >= 0.3 is 0 Å². The van der Waals surface area contributed by atoms with Crippen LogP contribution in [0.4, 0.5) is 0 Å². The Balaban J connectivity index is 5.48. The Kier molecular flexibility index (Phi) is 7.37. The number of rotatable bonds is 6. The molecule has 0 aromatic rings. The molecule has 3 atom stereocenters. The number of hydrogen-bond acceptors (Lipinski definition) is 3. The molecule has 0 aliphatic carbocycles. The van der Waals surface area contributed by atoms with Crippen LogP contribution < -0.4 is 0 Å². The van der Waals surface area contributed by atoms with Crippen molar-refractivity contribution in [2.24, 2.45) is 0 Å². The van der Waals surface area contributed by atoms with Gasteiger partial charge in [0.25, 0.3) is 0 Å². The summed E-state index contributed by atoms with van der Waals surface area (Å²) in [5.74, 6) is 2.74. The minimum absolute atomic E-state index is 0.0518. The first-order valence-corrected chi connectivity index (χ1v) is 14.3. The number of aliphatic hydroxyl groups is 1. The van der Waals surface area contributed by atoms with Crippen LogP contribution in [0.1, 0.15) is 48.5 Å². The standard InChI is InChI=1S/C18H38O3Si2/c1-13-15(20-22(9,10)17(3,4)5)16(14(2)19)21-23(11,12)18(6,7)8/h1,14-16,19H,2-12H3/t14-,15+,16-/m1/s1. The Labute approximate surface area is 146 Å². The van der Waals surface area contributed by atoms with E-state index in [4.69, 9.17) is 15.3 Å². The maximum Gasteiger partial charge on any atom is 0.193 e. The van der Waals surface area contributed by atoms with Gasteiger partial charge in [-0.2, -0.15) is 0 Å². The zero-order valence-corrected chi connectivity index (χ0v) is 19.1. The normalized spacial score (nSPS) is 18.2. The van der Waals surface area contributed by atoms with E-state index >= 15 is 0 Å². The van der Waals surface area contributed by atoms with Gasteiger partial charge < -0.3 is 14.0 Å². The SMILES string of the molecule is C#C[C@H](O[Si](C)(C)C(C)(C)C)[C@H](O[Si](C)(C)C(C)(C)C)[C@@H](C)O. The molecule has 5 heteroatoms. The molecule has 0 fully saturated rings. The van der Waals surface area contributed by atoms with Crippen LogP contribution in [-0.2, 0) is 8.85 Å². The topological polar surface area (TPSA) is 38.7 Å². The maximum absolute atomic E-state index is 10.3. The second kappa shape index (κ2) is 7.41. The van der Waals surface area contributed by atoms with Gasteiger partial charge in [-0.1, -0.05) is 47.5 Å². The van der Waals surface area contributed by atoms with Gasteiger partial charge in [-0.05, 0) is 43.2 Å². The first kappa shape index (κ1) is 22.9. The average Bonchev–Trinajstić information content (AvgIpc) is 2.30. The summed E-state index contributed by atoms with van der Waals surface area (Å²) in [6, 6.07) is 0. The van der Waals surface area contributed by atoms with Crippen molar-refractivity contribution in [3.63, 3.8) is 0 Å². The molecular formula is C18H38O3Si2. The summed E-state index contributed by atoms with van der Waals surface area (Å²) >= 11 is 0. The maximum atomic E-state index is 10.3. The number of aliphatic hydroxyl groups excluding tert-OH is 1. The first-order chi connectivity index (χ1) is 9.96. The highest BCUT2D eigenvalue weighted by Gasteiger charge is 2.45. The summed E-state index contributed by atoms with van der Waals surface area (Å²) in [6.07, 6.45) is 4.08. The van der Waals surface area contributed by atoms with Crippen molar-refractivity contribution in [2.75, 3.05) is 0 Å². The van der Waals surface area contributed by atoms with Crippen molar-refractivity contribution in [3.05, 3.63) is 0 Å². The second-order valence-electron chi connectivity index (χ2n) is 9.55. The molecule has 0 aromatic heterocycles. The molecule has 136 valence electrons.